The molecule has 1 aliphatic rings. The van der Waals surface area contributed by atoms with Crippen molar-refractivity contribution in [2.24, 2.45) is 41.4 Å². The maximum absolute atomic E-state index is 14.9. The van der Waals surface area contributed by atoms with Crippen LogP contribution in [0.2, 0.25) is 0 Å². The lowest BCUT2D eigenvalue weighted by Crippen LogP contribution is -2.63. The molecule has 0 spiro atoms. The van der Waals surface area contributed by atoms with E-state index in [1.54, 1.807) is 47.6 Å². The second kappa shape index (κ2) is 38.7. The topological polar surface area (TPSA) is 349 Å². The second-order valence-corrected chi connectivity index (χ2v) is 26.3. The summed E-state index contributed by atoms with van der Waals surface area (Å²) >= 11 is 0. The van der Waals surface area contributed by atoms with Gasteiger partial charge in [0.2, 0.25) is 65.0 Å². The zero-order chi connectivity index (χ0) is 68.8. The van der Waals surface area contributed by atoms with E-state index in [2.05, 4.69) is 42.2 Å². The number of aliphatic hydroxyl groups excluding tert-OH is 1. The first-order valence-corrected chi connectivity index (χ1v) is 31.5. The predicted octanol–water partition coefficient (Wildman–Crippen LogP) is 2.22. The van der Waals surface area contributed by atoms with Crippen molar-refractivity contribution in [3.8, 4) is 0 Å². The minimum absolute atomic E-state index is 0. The Labute approximate surface area is 545 Å². The van der Waals surface area contributed by atoms with E-state index in [-0.39, 0.29) is 82.3 Å². The zero-order valence-electron chi connectivity index (χ0n) is 57.4. The Kier molecular flexibility index (Phi) is 34.8. The molecule has 1 saturated heterocycles. The molecule has 516 valence electrons. The van der Waals surface area contributed by atoms with E-state index in [1.165, 1.54) is 76.6 Å². The van der Waals surface area contributed by atoms with Crippen molar-refractivity contribution in [3.05, 3.63) is 30.9 Å². The van der Waals surface area contributed by atoms with Gasteiger partial charge in [-0.2, -0.15) is 13.5 Å². The molecule has 11 amide bonds. The number of allylic oxidation sites excluding steroid dienone is 1. The van der Waals surface area contributed by atoms with E-state index in [1.807, 2.05) is 55.4 Å². The van der Waals surface area contributed by atoms with E-state index < -0.39 is 162 Å². The highest BCUT2D eigenvalue weighted by molar-refractivity contribution is 7.59. The summed E-state index contributed by atoms with van der Waals surface area (Å²) in [6.45, 7) is 26.6. The predicted molar refractivity (Wildman–Crippen MR) is 348 cm³/mol. The van der Waals surface area contributed by atoms with Gasteiger partial charge >= 0.3 is 6.09 Å². The normalized spacial score (nSPS) is 25.3. The van der Waals surface area contributed by atoms with Crippen molar-refractivity contribution in [3.63, 3.8) is 0 Å². The fourth-order valence-electron chi connectivity index (χ4n) is 10.5. The summed E-state index contributed by atoms with van der Waals surface area (Å²) in [5, 5.41) is 30.9. The summed E-state index contributed by atoms with van der Waals surface area (Å²) in [4.78, 5) is 179. The molecule has 0 bridgehead atoms. The molecule has 0 radical (unpaired) electrons. The van der Waals surface area contributed by atoms with Crippen LogP contribution in [0.1, 0.15) is 149 Å². The van der Waals surface area contributed by atoms with Crippen molar-refractivity contribution in [2.75, 3.05) is 41.3 Å². The third-order valence-corrected chi connectivity index (χ3v) is 15.8. The lowest BCUT2D eigenvalue weighted by molar-refractivity contribution is -0.147. The van der Waals surface area contributed by atoms with E-state index in [0.29, 0.717) is 0 Å². The van der Waals surface area contributed by atoms with Gasteiger partial charge in [-0.3, -0.25) is 52.7 Å². The smallest absolute Gasteiger partial charge is 0.419 e. The highest BCUT2D eigenvalue weighted by Gasteiger charge is 2.42. The number of rotatable bonds is 17. The number of amides is 11. The van der Waals surface area contributed by atoms with Crippen LogP contribution in [0.25, 0.3) is 0 Å². The number of aromatic nitrogens is 2. The van der Waals surface area contributed by atoms with Crippen LogP contribution in [-0.4, -0.2) is 213 Å². The van der Waals surface area contributed by atoms with Crippen LogP contribution < -0.4 is 37.2 Å². The fraction of sp³-hybridized carbons (Fsp3) is 0.730. The van der Waals surface area contributed by atoms with Gasteiger partial charge in [0.15, 0.2) is 0 Å². The minimum atomic E-state index is -1.78. The van der Waals surface area contributed by atoms with Crippen LogP contribution in [0.15, 0.2) is 30.9 Å². The molecular weight excluding hydrogens is 1190 g/mol. The number of nitrogens with zero attached hydrogens (tertiary/aromatic N) is 6. The van der Waals surface area contributed by atoms with E-state index >= 15 is 0 Å². The van der Waals surface area contributed by atoms with Crippen molar-refractivity contribution >= 4 is 84.6 Å². The maximum Gasteiger partial charge on any atom is 0.419 e. The molecular formula is C63H109N13O14S. The molecule has 0 aliphatic carbocycles. The molecule has 8 N–H and O–H groups in total. The van der Waals surface area contributed by atoms with Crippen molar-refractivity contribution in [1.82, 2.24) is 66.4 Å². The van der Waals surface area contributed by atoms with Crippen molar-refractivity contribution in [2.45, 2.75) is 216 Å². The van der Waals surface area contributed by atoms with Gasteiger partial charge in [0, 0.05) is 40.6 Å². The molecule has 0 aromatic carbocycles. The molecule has 28 heteroatoms. The lowest BCUT2D eigenvalue weighted by Gasteiger charge is -2.36. The summed E-state index contributed by atoms with van der Waals surface area (Å²) < 4.78 is 6.37. The van der Waals surface area contributed by atoms with Crippen LogP contribution in [-0.2, 0) is 57.5 Å². The summed E-state index contributed by atoms with van der Waals surface area (Å²) in [6.07, 6.45) is 5.38. The number of ether oxygens (including phenoxy) is 1. The van der Waals surface area contributed by atoms with Gasteiger partial charge < -0.3 is 66.7 Å². The largest absolute Gasteiger partial charge is 0.445 e. The zero-order valence-corrected chi connectivity index (χ0v) is 58.4. The Balaban J connectivity index is 0.0000414. The molecule has 1 aromatic rings. The minimum Gasteiger partial charge on any atom is -0.445 e. The molecule has 2 rings (SSSR count). The van der Waals surface area contributed by atoms with Crippen LogP contribution >= 0.6 is 13.5 Å². The van der Waals surface area contributed by atoms with E-state index in [0.717, 1.165) is 14.4 Å². The van der Waals surface area contributed by atoms with Crippen LogP contribution in [0.4, 0.5) is 4.79 Å². The Bertz CT molecular complexity index is 2630. The number of hydrogen-bond acceptors (Lipinski definition) is 15. The van der Waals surface area contributed by atoms with Crippen molar-refractivity contribution < 1.29 is 67.4 Å². The van der Waals surface area contributed by atoms with E-state index in [4.69, 9.17) is 4.74 Å². The monoisotopic (exact) mass is 1300 g/mol. The lowest BCUT2D eigenvalue weighted by atomic mass is 9.92. The number of hydrogen-bond donors (Lipinski definition) is 8. The van der Waals surface area contributed by atoms with Crippen molar-refractivity contribution in [1.29, 1.82) is 0 Å². The first-order chi connectivity index (χ1) is 41.9. The highest BCUT2D eigenvalue weighted by Crippen LogP contribution is 2.22. The highest BCUT2D eigenvalue weighted by atomic mass is 32.1. The van der Waals surface area contributed by atoms with Gasteiger partial charge in [-0.15, -0.1) is 0 Å². The third kappa shape index (κ3) is 25.1. The number of carbonyl (C=O) groups excluding carboxylic acids is 12. The summed E-state index contributed by atoms with van der Waals surface area (Å²) in [5.41, 5.74) is 0. The van der Waals surface area contributed by atoms with Gasteiger partial charge in [-0.1, -0.05) is 109 Å². The molecule has 27 nitrogen and oxygen atoms in total. The molecule has 1 fully saturated rings. The molecule has 2 unspecified atom stereocenters. The fourth-order valence-corrected chi connectivity index (χ4v) is 10.5. The Morgan fingerprint density at radius 1 is 0.560 bits per heavy atom. The maximum atomic E-state index is 14.9. The van der Waals surface area contributed by atoms with Gasteiger partial charge in [-0.05, 0) is 93.8 Å². The van der Waals surface area contributed by atoms with Crippen LogP contribution in [0.5, 0.6) is 0 Å². The molecule has 0 saturated carbocycles. The summed E-state index contributed by atoms with van der Waals surface area (Å²) in [5.74, 6) is -10.9. The van der Waals surface area contributed by atoms with Crippen LogP contribution in [0, 0.1) is 41.4 Å². The number of likely N-dealkylation sites (N-methyl/N-ethyl adjacent to an activating group) is 4. The van der Waals surface area contributed by atoms with E-state index in [9.17, 15) is 62.6 Å². The van der Waals surface area contributed by atoms with Gasteiger partial charge in [-0.25, -0.2) is 14.3 Å². The standard InChI is InChI=1S/C63H107N13O14.H2S/c1-21-43-54(80)65-32-48(77)72(17)45(29-35(4)5)57(83)70-49(38(10)11)62(88)74(19)46(30-36(6)7)55(81)66-41(15)53(79)67-42(16)60(86)73(18)47(31-37(8)9)56(82)69-44(28-34(2)3)61(87)75(20)51(39(12)13)59(85)71-50(58(84)68-43)52(78)40(14)24-22-23-27-90-63(89)76-26-25-64-33-76;/h22-23,25-26,33-47,49-52,78H,21,24,27-32H2,1-20H3,(H,65,80)(H,66,81)(H,67,79)(H,68,84)(H,69,82)(H,70,83)(H,71,85);1H2/b23-22+;/t40-,41+,42-,43+,44+,45?,46+,47-,49+,50?,51+,52-;/m1./s1. The first kappa shape index (κ1) is 81.9. The summed E-state index contributed by atoms with van der Waals surface area (Å²) in [6, 6.07) is -12.9. The molecule has 91 heavy (non-hydrogen) atoms. The number of aliphatic hydroxyl groups is 1. The van der Waals surface area contributed by atoms with Gasteiger partial charge in [0.25, 0.3) is 0 Å². The number of imidazole rings is 1. The summed E-state index contributed by atoms with van der Waals surface area (Å²) in [7, 11) is 5.55. The van der Waals surface area contributed by atoms with Crippen LogP contribution in [0.3, 0.4) is 0 Å². The molecule has 2 heterocycles. The van der Waals surface area contributed by atoms with Gasteiger partial charge in [0.1, 0.15) is 73.4 Å². The molecule has 12 atom stereocenters. The van der Waals surface area contributed by atoms with Gasteiger partial charge in [0.05, 0.1) is 12.6 Å². The Hall–Kier alpha value is -7.10. The SMILES string of the molecule is CC[C@@H]1NC(=O)C([C@H](O)[C@H](C)C/C=C/COC(=O)n2ccnc2)NC(=O)[C@H](C(C)C)N(C)C(=O)[C@H](CC(C)C)NC(=O)[C@@H](CC(C)C)N(C)C(=O)[C@@H](C)NC(=O)[C@H](C)NC(=O)[C@H](CC(C)C)N(C)C(=O)[C@H](C(C)C)NC(=O)C(CC(C)C)N(C)C(=O)CNC1=O.S. The Morgan fingerprint density at radius 3 is 1.54 bits per heavy atom. The number of nitrogens with one attached hydrogen (secondary N) is 7. The molecule has 1 aromatic heterocycles. The number of carbonyl (C=O) groups is 12. The second-order valence-electron chi connectivity index (χ2n) is 26.3. The average molecular weight is 1300 g/mol. The third-order valence-electron chi connectivity index (χ3n) is 15.8. The Morgan fingerprint density at radius 2 is 1.04 bits per heavy atom. The molecule has 1 aliphatic heterocycles. The quantitative estimate of drug-likeness (QED) is 0.104. The first-order valence-electron chi connectivity index (χ1n) is 31.5. The average Bonchev–Trinajstić information content (AvgIpc) is 1.38.